The molecule has 1 unspecified atom stereocenters. The normalized spacial score (nSPS) is 21.0. The summed E-state index contributed by atoms with van der Waals surface area (Å²) in [6.45, 7) is 2.26. The summed E-state index contributed by atoms with van der Waals surface area (Å²) >= 11 is 0. The highest BCUT2D eigenvalue weighted by Gasteiger charge is 2.20. The van der Waals surface area contributed by atoms with E-state index in [1.807, 2.05) is 25.1 Å². The Morgan fingerprint density at radius 1 is 1.26 bits per heavy atom. The number of carbonyl (C=O) groups excluding carboxylic acids is 1. The highest BCUT2D eigenvalue weighted by Crippen LogP contribution is 2.33. The third-order valence-electron chi connectivity index (χ3n) is 3.39. The number of ether oxygens (including phenoxy) is 3. The van der Waals surface area contributed by atoms with E-state index >= 15 is 0 Å². The average molecular weight is 260 g/mol. The van der Waals surface area contributed by atoms with E-state index in [0.717, 1.165) is 36.3 Å². The molecule has 4 heteroatoms. The van der Waals surface area contributed by atoms with Crippen molar-refractivity contribution in [3.63, 3.8) is 0 Å². The molecule has 1 aromatic rings. The zero-order valence-electron chi connectivity index (χ0n) is 10.8. The van der Waals surface area contributed by atoms with Gasteiger partial charge in [-0.2, -0.15) is 0 Å². The number of benzene rings is 1. The second kappa shape index (κ2) is 4.96. The molecule has 0 aromatic heterocycles. The molecule has 0 saturated carbocycles. The van der Waals surface area contributed by atoms with Gasteiger partial charge in [0.1, 0.15) is 6.10 Å². The van der Waals surface area contributed by atoms with Crippen LogP contribution in [0.1, 0.15) is 25.3 Å². The summed E-state index contributed by atoms with van der Waals surface area (Å²) in [4.78, 5) is 11.3. The summed E-state index contributed by atoms with van der Waals surface area (Å²) in [6.07, 6.45) is 4.08. The lowest BCUT2D eigenvalue weighted by molar-refractivity contribution is -0.144. The number of hydrogen-bond acceptors (Lipinski definition) is 4. The molecule has 0 N–H and O–H groups in total. The first kappa shape index (κ1) is 12.1. The van der Waals surface area contributed by atoms with Gasteiger partial charge in [0.2, 0.25) is 6.79 Å². The van der Waals surface area contributed by atoms with E-state index in [-0.39, 0.29) is 12.1 Å². The van der Waals surface area contributed by atoms with Crippen LogP contribution in [0.4, 0.5) is 0 Å². The number of rotatable bonds is 3. The molecule has 2 aliphatic rings. The van der Waals surface area contributed by atoms with E-state index in [9.17, 15) is 4.79 Å². The molecule has 100 valence electrons. The lowest BCUT2D eigenvalue weighted by atomic mass is 10.00. The van der Waals surface area contributed by atoms with Gasteiger partial charge in [-0.05, 0) is 37.5 Å². The standard InChI is InChI=1S/C15H16O4/c1-10-6-12(19-15(16)7-10)4-2-11-3-5-13-14(8-11)18-9-17-13/h3,5,7-8,12H,2,4,6,9H2,1H3. The zero-order valence-corrected chi connectivity index (χ0v) is 10.8. The Labute approximate surface area is 112 Å². The largest absolute Gasteiger partial charge is 0.459 e. The molecular formula is C15H16O4. The van der Waals surface area contributed by atoms with Gasteiger partial charge in [-0.1, -0.05) is 11.6 Å². The van der Waals surface area contributed by atoms with E-state index in [1.54, 1.807) is 6.08 Å². The summed E-state index contributed by atoms with van der Waals surface area (Å²) in [6, 6.07) is 5.95. The Morgan fingerprint density at radius 3 is 2.95 bits per heavy atom. The fraction of sp³-hybridized carbons (Fsp3) is 0.400. The van der Waals surface area contributed by atoms with Crippen LogP contribution in [-0.4, -0.2) is 18.9 Å². The van der Waals surface area contributed by atoms with Gasteiger partial charge in [-0.3, -0.25) is 0 Å². The van der Waals surface area contributed by atoms with Crippen molar-refractivity contribution in [2.45, 2.75) is 32.3 Å². The second-order valence-corrected chi connectivity index (χ2v) is 4.98. The molecule has 0 radical (unpaired) electrons. The maximum atomic E-state index is 11.3. The molecule has 0 saturated heterocycles. The van der Waals surface area contributed by atoms with Crippen molar-refractivity contribution in [1.29, 1.82) is 0 Å². The third kappa shape index (κ3) is 2.72. The van der Waals surface area contributed by atoms with Crippen molar-refractivity contribution in [2.24, 2.45) is 0 Å². The fourth-order valence-electron chi connectivity index (χ4n) is 2.44. The van der Waals surface area contributed by atoms with Crippen molar-refractivity contribution >= 4 is 5.97 Å². The van der Waals surface area contributed by atoms with Crippen LogP contribution in [0.25, 0.3) is 0 Å². The molecule has 3 rings (SSSR count). The van der Waals surface area contributed by atoms with Crippen LogP contribution in [-0.2, 0) is 16.0 Å². The number of aryl methyl sites for hydroxylation is 1. The predicted molar refractivity (Wildman–Crippen MR) is 69.1 cm³/mol. The first-order valence-electron chi connectivity index (χ1n) is 6.47. The highest BCUT2D eigenvalue weighted by atomic mass is 16.7. The van der Waals surface area contributed by atoms with Crippen LogP contribution in [0.5, 0.6) is 11.5 Å². The minimum atomic E-state index is -0.223. The lowest BCUT2D eigenvalue weighted by Crippen LogP contribution is -2.22. The van der Waals surface area contributed by atoms with Crippen LogP contribution in [0.15, 0.2) is 29.8 Å². The smallest absolute Gasteiger partial charge is 0.330 e. The Kier molecular flexibility index (Phi) is 3.15. The van der Waals surface area contributed by atoms with Gasteiger partial charge >= 0.3 is 5.97 Å². The maximum Gasteiger partial charge on any atom is 0.330 e. The molecule has 19 heavy (non-hydrogen) atoms. The monoisotopic (exact) mass is 260 g/mol. The number of esters is 1. The van der Waals surface area contributed by atoms with Gasteiger partial charge in [0.25, 0.3) is 0 Å². The van der Waals surface area contributed by atoms with E-state index in [0.29, 0.717) is 6.79 Å². The van der Waals surface area contributed by atoms with Crippen molar-refractivity contribution < 1.29 is 19.0 Å². The molecular weight excluding hydrogens is 244 g/mol. The van der Waals surface area contributed by atoms with Gasteiger partial charge < -0.3 is 14.2 Å². The molecule has 0 bridgehead atoms. The van der Waals surface area contributed by atoms with Gasteiger partial charge in [-0.25, -0.2) is 4.79 Å². The van der Waals surface area contributed by atoms with Gasteiger partial charge in [0.15, 0.2) is 11.5 Å². The van der Waals surface area contributed by atoms with E-state index in [4.69, 9.17) is 14.2 Å². The van der Waals surface area contributed by atoms with E-state index in [1.165, 1.54) is 5.56 Å². The van der Waals surface area contributed by atoms with Crippen molar-refractivity contribution in [3.8, 4) is 11.5 Å². The van der Waals surface area contributed by atoms with Crippen molar-refractivity contribution in [2.75, 3.05) is 6.79 Å². The van der Waals surface area contributed by atoms with Crippen LogP contribution in [0.3, 0.4) is 0 Å². The van der Waals surface area contributed by atoms with E-state index in [2.05, 4.69) is 0 Å². The van der Waals surface area contributed by atoms with E-state index < -0.39 is 0 Å². The molecule has 0 fully saturated rings. The summed E-state index contributed by atoms with van der Waals surface area (Å²) in [5.41, 5.74) is 2.26. The van der Waals surface area contributed by atoms with Crippen LogP contribution >= 0.6 is 0 Å². The second-order valence-electron chi connectivity index (χ2n) is 4.98. The molecule has 2 aliphatic heterocycles. The van der Waals surface area contributed by atoms with Crippen LogP contribution < -0.4 is 9.47 Å². The average Bonchev–Trinajstić information content (AvgIpc) is 2.82. The first-order chi connectivity index (χ1) is 9.20. The summed E-state index contributed by atoms with van der Waals surface area (Å²) in [7, 11) is 0. The first-order valence-corrected chi connectivity index (χ1v) is 6.47. The Bertz CT molecular complexity index is 533. The van der Waals surface area contributed by atoms with Crippen molar-refractivity contribution in [3.05, 3.63) is 35.4 Å². The Morgan fingerprint density at radius 2 is 2.11 bits per heavy atom. The van der Waals surface area contributed by atoms with Gasteiger partial charge in [0.05, 0.1) is 0 Å². The lowest BCUT2D eigenvalue weighted by Gasteiger charge is -2.21. The van der Waals surface area contributed by atoms with Crippen molar-refractivity contribution in [1.82, 2.24) is 0 Å². The zero-order chi connectivity index (χ0) is 13.2. The molecule has 0 spiro atoms. The molecule has 2 heterocycles. The van der Waals surface area contributed by atoms with Gasteiger partial charge in [-0.15, -0.1) is 0 Å². The number of hydrogen-bond donors (Lipinski definition) is 0. The minimum absolute atomic E-state index is 0.0112. The number of fused-ring (bicyclic) bond motifs is 1. The number of carbonyl (C=O) groups is 1. The minimum Gasteiger partial charge on any atom is -0.459 e. The summed E-state index contributed by atoms with van der Waals surface area (Å²) in [5.74, 6) is 1.38. The molecule has 4 nitrogen and oxygen atoms in total. The maximum absolute atomic E-state index is 11.3. The molecule has 0 amide bonds. The molecule has 1 aromatic carbocycles. The van der Waals surface area contributed by atoms with Gasteiger partial charge in [0, 0.05) is 12.5 Å². The highest BCUT2D eigenvalue weighted by molar-refractivity contribution is 5.83. The Balaban J connectivity index is 1.61. The predicted octanol–water partition coefficient (Wildman–Crippen LogP) is 2.61. The van der Waals surface area contributed by atoms with Crippen LogP contribution in [0, 0.1) is 0 Å². The van der Waals surface area contributed by atoms with Crippen LogP contribution in [0.2, 0.25) is 0 Å². The number of cyclic esters (lactones) is 1. The SMILES string of the molecule is CC1=CC(=O)OC(CCc2ccc3c(c2)OCO3)C1. The fourth-order valence-corrected chi connectivity index (χ4v) is 2.44. The summed E-state index contributed by atoms with van der Waals surface area (Å²) in [5, 5.41) is 0. The summed E-state index contributed by atoms with van der Waals surface area (Å²) < 4.78 is 15.9. The molecule has 1 atom stereocenters. The third-order valence-corrected chi connectivity index (χ3v) is 3.39. The topological polar surface area (TPSA) is 44.8 Å². The Hall–Kier alpha value is -1.97. The molecule has 0 aliphatic carbocycles. The quantitative estimate of drug-likeness (QED) is 0.784.